The van der Waals surface area contributed by atoms with E-state index in [1.165, 1.54) is 0 Å². The minimum atomic E-state index is -2.67. The summed E-state index contributed by atoms with van der Waals surface area (Å²) in [5, 5.41) is 12.6. The Kier molecular flexibility index (Phi) is 7.86. The van der Waals surface area contributed by atoms with Gasteiger partial charge in [-0.1, -0.05) is 18.2 Å². The van der Waals surface area contributed by atoms with Crippen molar-refractivity contribution in [1.29, 1.82) is 0 Å². The molecule has 0 amide bonds. The smallest absolute Gasteiger partial charge is 0.229 e. The van der Waals surface area contributed by atoms with Crippen molar-refractivity contribution in [3.05, 3.63) is 71.2 Å². The third-order valence-electron chi connectivity index (χ3n) is 7.26. The highest BCUT2D eigenvalue weighted by Gasteiger charge is 2.23. The third-order valence-corrected chi connectivity index (χ3v) is 9.50. The molecular weight excluding hydrogens is 567 g/mol. The van der Waals surface area contributed by atoms with Gasteiger partial charge in [0.05, 0.1) is 43.4 Å². The Balaban J connectivity index is 1.37. The lowest BCUT2D eigenvalue weighted by Crippen LogP contribution is -2.36. The zero-order valence-corrected chi connectivity index (χ0v) is 25.8. The fourth-order valence-electron chi connectivity index (χ4n) is 5.23. The lowest BCUT2D eigenvalue weighted by molar-refractivity contribution is 0.122. The van der Waals surface area contributed by atoms with Crippen molar-refractivity contribution in [3.8, 4) is 16.9 Å². The molecule has 2 N–H and O–H groups in total. The van der Waals surface area contributed by atoms with Crippen LogP contribution in [0.15, 0.2) is 65.6 Å². The van der Waals surface area contributed by atoms with Crippen molar-refractivity contribution in [3.63, 3.8) is 0 Å². The molecular formula is C31H33N6O3PS. The van der Waals surface area contributed by atoms with Gasteiger partial charge < -0.3 is 29.6 Å². The number of hydrogen-bond acceptors (Lipinski definition) is 10. The average molecular weight is 601 g/mol. The van der Waals surface area contributed by atoms with E-state index < -0.39 is 7.14 Å². The molecule has 5 aromatic rings. The molecule has 6 rings (SSSR count). The van der Waals surface area contributed by atoms with Gasteiger partial charge in [-0.15, -0.1) is 0 Å². The summed E-state index contributed by atoms with van der Waals surface area (Å²) in [6.45, 7) is 8.50. The van der Waals surface area contributed by atoms with Crippen molar-refractivity contribution in [2.75, 3.05) is 62.3 Å². The van der Waals surface area contributed by atoms with E-state index in [2.05, 4.69) is 54.5 Å². The largest absolute Gasteiger partial charge is 0.494 e. The number of anilines is 5. The Morgan fingerprint density at radius 2 is 1.83 bits per heavy atom. The summed E-state index contributed by atoms with van der Waals surface area (Å²) in [4.78, 5) is 16.3. The lowest BCUT2D eigenvalue weighted by atomic mass is 10.0. The van der Waals surface area contributed by atoms with E-state index in [4.69, 9.17) is 14.5 Å². The monoisotopic (exact) mass is 600 g/mol. The molecule has 216 valence electrons. The van der Waals surface area contributed by atoms with Crippen LogP contribution in [0.1, 0.15) is 5.56 Å². The van der Waals surface area contributed by atoms with E-state index >= 15 is 0 Å². The molecule has 11 heteroatoms. The summed E-state index contributed by atoms with van der Waals surface area (Å²) in [7, 11) is -1.00. The average Bonchev–Trinajstić information content (AvgIpc) is 3.53. The number of rotatable bonds is 8. The maximum Gasteiger partial charge on any atom is 0.229 e. The van der Waals surface area contributed by atoms with Crippen molar-refractivity contribution < 1.29 is 14.0 Å². The molecule has 4 heterocycles. The topological polar surface area (TPSA) is 102 Å². The van der Waals surface area contributed by atoms with Crippen LogP contribution in [0, 0.1) is 6.92 Å². The van der Waals surface area contributed by atoms with Gasteiger partial charge >= 0.3 is 0 Å². The number of pyridine rings is 1. The number of nitrogens with zero attached hydrogens (tertiary/aromatic N) is 4. The van der Waals surface area contributed by atoms with Crippen LogP contribution in [0.2, 0.25) is 0 Å². The number of benzene rings is 2. The number of hydrogen-bond donors (Lipinski definition) is 2. The second kappa shape index (κ2) is 11.7. The Morgan fingerprint density at radius 3 is 2.57 bits per heavy atom. The highest BCUT2D eigenvalue weighted by molar-refractivity contribution is 7.71. The van der Waals surface area contributed by atoms with Gasteiger partial charge in [0.25, 0.3) is 0 Å². The molecule has 1 aliphatic heterocycles. The standard InChI is InChI=1S/C31H33N6O3PS/c1-20-17-33-31(36-30(20)34-26-18-32-24-8-6-5-7-22(24)29(26)41(3,4)38)35-25-15-23(21-9-14-42-19-21)27(16-28(25)39-2)37-10-12-40-13-11-37/h5-9,14-19H,10-13H2,1-4H3,(H2,33,34,35,36). The number of nitrogens with one attached hydrogen (secondary N) is 2. The second-order valence-corrected chi connectivity index (χ2v) is 14.5. The Bertz CT molecular complexity index is 1780. The van der Waals surface area contributed by atoms with E-state index in [-0.39, 0.29) is 0 Å². The number of aryl methyl sites for hydroxylation is 1. The van der Waals surface area contributed by atoms with Gasteiger partial charge in [0.1, 0.15) is 18.7 Å². The number of fused-ring (bicyclic) bond motifs is 1. The summed E-state index contributed by atoms with van der Waals surface area (Å²) in [5.74, 6) is 1.69. The number of thiophene rings is 1. The molecule has 1 fully saturated rings. The van der Waals surface area contributed by atoms with E-state index in [0.717, 1.165) is 57.4 Å². The molecule has 3 aromatic heterocycles. The van der Waals surface area contributed by atoms with Crippen molar-refractivity contribution in [1.82, 2.24) is 15.0 Å². The summed E-state index contributed by atoms with van der Waals surface area (Å²) in [6.07, 6.45) is 3.49. The van der Waals surface area contributed by atoms with Gasteiger partial charge in [0.2, 0.25) is 5.95 Å². The third kappa shape index (κ3) is 5.70. The highest BCUT2D eigenvalue weighted by atomic mass is 32.1. The van der Waals surface area contributed by atoms with Gasteiger partial charge in [-0.2, -0.15) is 16.3 Å². The van der Waals surface area contributed by atoms with Gasteiger partial charge in [0, 0.05) is 52.9 Å². The van der Waals surface area contributed by atoms with Crippen LogP contribution in [0.4, 0.5) is 28.8 Å². The molecule has 0 unspecified atom stereocenters. The van der Waals surface area contributed by atoms with Crippen molar-refractivity contribution >= 4 is 63.5 Å². The Morgan fingerprint density at radius 1 is 1.02 bits per heavy atom. The fourth-order valence-corrected chi connectivity index (χ4v) is 7.34. The van der Waals surface area contributed by atoms with E-state index in [9.17, 15) is 4.57 Å². The van der Waals surface area contributed by atoms with Crippen LogP contribution in [-0.4, -0.2) is 61.7 Å². The summed E-state index contributed by atoms with van der Waals surface area (Å²) in [6, 6.07) is 14.0. The predicted molar refractivity (Wildman–Crippen MR) is 174 cm³/mol. The maximum atomic E-state index is 13.4. The predicted octanol–water partition coefficient (Wildman–Crippen LogP) is 6.64. The highest BCUT2D eigenvalue weighted by Crippen LogP contribution is 2.42. The second-order valence-electron chi connectivity index (χ2n) is 10.5. The minimum Gasteiger partial charge on any atom is -0.494 e. The van der Waals surface area contributed by atoms with Gasteiger partial charge in [-0.3, -0.25) is 4.98 Å². The van der Waals surface area contributed by atoms with Crippen molar-refractivity contribution in [2.24, 2.45) is 0 Å². The molecule has 1 aliphatic rings. The Hall–Kier alpha value is -3.98. The van der Waals surface area contributed by atoms with E-state index in [1.54, 1.807) is 44.2 Å². The zero-order chi connectivity index (χ0) is 29.3. The van der Waals surface area contributed by atoms with Crippen LogP contribution in [0.3, 0.4) is 0 Å². The Labute approximate surface area is 249 Å². The minimum absolute atomic E-state index is 0.406. The number of para-hydroxylation sites is 1. The van der Waals surface area contributed by atoms with Crippen LogP contribution in [0.5, 0.6) is 5.75 Å². The van der Waals surface area contributed by atoms with Gasteiger partial charge in [0.15, 0.2) is 0 Å². The van der Waals surface area contributed by atoms with Crippen molar-refractivity contribution in [2.45, 2.75) is 6.92 Å². The SMILES string of the molecule is COc1cc(N2CCOCC2)c(-c2ccsc2)cc1Nc1ncc(C)c(Nc2cnc3ccccc3c2P(C)(C)=O)n1. The number of morpholine rings is 1. The van der Waals surface area contributed by atoms with Crippen LogP contribution >= 0.6 is 18.5 Å². The molecule has 0 saturated carbocycles. The molecule has 9 nitrogen and oxygen atoms in total. The van der Waals surface area contributed by atoms with E-state index in [0.29, 0.717) is 36.4 Å². The van der Waals surface area contributed by atoms with Crippen LogP contribution < -0.4 is 25.6 Å². The number of aromatic nitrogens is 3. The first-order valence-electron chi connectivity index (χ1n) is 13.7. The molecule has 0 atom stereocenters. The zero-order valence-electron chi connectivity index (χ0n) is 24.0. The van der Waals surface area contributed by atoms with E-state index in [1.807, 2.05) is 31.2 Å². The number of methoxy groups -OCH3 is 1. The van der Waals surface area contributed by atoms with Crippen LogP contribution in [0.25, 0.3) is 22.0 Å². The molecule has 0 radical (unpaired) electrons. The lowest BCUT2D eigenvalue weighted by Gasteiger charge is -2.31. The molecule has 42 heavy (non-hydrogen) atoms. The molecule has 1 saturated heterocycles. The first-order chi connectivity index (χ1) is 20.3. The quantitative estimate of drug-likeness (QED) is 0.190. The van der Waals surface area contributed by atoms with Crippen LogP contribution in [-0.2, 0) is 9.30 Å². The first-order valence-corrected chi connectivity index (χ1v) is 17.2. The molecule has 0 spiro atoms. The van der Waals surface area contributed by atoms with Gasteiger partial charge in [-0.25, -0.2) is 4.98 Å². The molecule has 2 aromatic carbocycles. The summed E-state index contributed by atoms with van der Waals surface area (Å²) >= 11 is 1.66. The van der Waals surface area contributed by atoms with Gasteiger partial charge in [-0.05, 0) is 54.8 Å². The maximum absolute atomic E-state index is 13.4. The normalized spacial score (nSPS) is 13.8. The fraction of sp³-hybridized carbons (Fsp3) is 0.258. The summed E-state index contributed by atoms with van der Waals surface area (Å²) < 4.78 is 24.9. The molecule has 0 bridgehead atoms. The first kappa shape index (κ1) is 28.2. The number of ether oxygens (including phenoxy) is 2. The summed E-state index contributed by atoms with van der Waals surface area (Å²) in [5.41, 5.74) is 6.41. The molecule has 0 aliphatic carbocycles.